The van der Waals surface area contributed by atoms with Gasteiger partial charge in [-0.05, 0) is 65.6 Å². The molecule has 84 heavy (non-hydrogen) atoms. The van der Waals surface area contributed by atoms with Gasteiger partial charge >= 0.3 is 29.8 Å². The summed E-state index contributed by atoms with van der Waals surface area (Å²) in [6.45, 7) is 1.48. The van der Waals surface area contributed by atoms with Crippen molar-refractivity contribution in [1.29, 1.82) is 0 Å². The van der Waals surface area contributed by atoms with Crippen LogP contribution in [0.25, 0.3) is 0 Å². The van der Waals surface area contributed by atoms with E-state index in [1.807, 2.05) is 121 Å². The van der Waals surface area contributed by atoms with Gasteiger partial charge in [-0.25, -0.2) is 24.0 Å². The summed E-state index contributed by atoms with van der Waals surface area (Å²) >= 11 is 0. The molecule has 0 bridgehead atoms. The van der Waals surface area contributed by atoms with Crippen molar-refractivity contribution in [2.45, 2.75) is 107 Å². The highest BCUT2D eigenvalue weighted by molar-refractivity contribution is 5.91. The van der Waals surface area contributed by atoms with Crippen LogP contribution in [-0.2, 0) is 92.9 Å². The van der Waals surface area contributed by atoms with E-state index in [1.54, 1.807) is 61.5 Å². The first-order chi connectivity index (χ1) is 41.0. The van der Waals surface area contributed by atoms with Crippen LogP contribution in [0.1, 0.15) is 60.3 Å². The molecule has 18 heteroatoms. The molecule has 2 heterocycles. The molecule has 1 N–H and O–H groups in total. The van der Waals surface area contributed by atoms with Crippen LogP contribution in [0.15, 0.2) is 212 Å². The molecule has 9 rings (SSSR count). The fourth-order valence-electron chi connectivity index (χ4n) is 9.58. The van der Waals surface area contributed by atoms with Crippen LogP contribution in [0.4, 0.5) is 0 Å². The Labute approximate surface area is 485 Å². The SMILES string of the molecule is COC(=O)[C@H](O[C@@H]1O[C@H](COCc2ccccc2)[C@H](OC(=O)c2ccccc2)[C@H](OC(=O)c2ccccc2)[C@H]1OC(=O)c1ccccc1)[C@@H](O[C@@H]1O[C@@H](C)[C@@H](OCc2ccccc2)[C@@H](OCc2ccccc2)[C@@H]1OCc1ccccc1)C(=O)O. The Kier molecular flexibility index (Phi) is 21.6. The molecule has 0 amide bonds. The van der Waals surface area contributed by atoms with Gasteiger partial charge in [-0.2, -0.15) is 0 Å². The number of carbonyl (C=O) groups excluding carboxylic acids is 4. The number of carboxylic acids is 1. The van der Waals surface area contributed by atoms with E-state index in [9.17, 15) is 29.1 Å². The van der Waals surface area contributed by atoms with Crippen LogP contribution in [0.2, 0.25) is 0 Å². The van der Waals surface area contributed by atoms with Gasteiger partial charge in [0.2, 0.25) is 0 Å². The number of hydrogen-bond acceptors (Lipinski definition) is 17. The smallest absolute Gasteiger partial charge is 0.338 e. The highest BCUT2D eigenvalue weighted by Gasteiger charge is 2.57. The Morgan fingerprint density at radius 2 is 0.774 bits per heavy atom. The largest absolute Gasteiger partial charge is 0.479 e. The molecule has 18 nitrogen and oxygen atoms in total. The molecular formula is C66H64O18. The molecule has 2 saturated heterocycles. The standard InChI is InChI=1S/C66H64O18/c1-43-52(75-39-45-26-12-4-13-27-45)54(76-40-46-28-14-5-15-29-46)58(77-41-47-30-16-6-17-31-47)65(78-43)83-56(60(67)68)57(64(72)73-2)84-66-59(82-63(71)50-36-22-9-23-37-50)55(81-62(70)49-34-20-8-21-35-49)53(80-61(69)48-32-18-7-19-33-48)51(79-66)42-74-38-44-24-10-3-11-25-44/h3-37,43,51-59,65-66H,38-42H2,1-2H3,(H,67,68)/t43-,51+,52+,53-,54+,55-,56+,57+,58-,59+,65-,66-/m0/s1. The summed E-state index contributed by atoms with van der Waals surface area (Å²) in [5.74, 6) is -5.88. The lowest BCUT2D eigenvalue weighted by atomic mass is 9.97. The van der Waals surface area contributed by atoms with Crippen molar-refractivity contribution in [2.24, 2.45) is 0 Å². The van der Waals surface area contributed by atoms with Crippen molar-refractivity contribution < 1.29 is 85.9 Å². The van der Waals surface area contributed by atoms with E-state index < -0.39 is 110 Å². The predicted molar refractivity (Wildman–Crippen MR) is 300 cm³/mol. The quantitative estimate of drug-likeness (QED) is 0.0395. The van der Waals surface area contributed by atoms with Crippen molar-refractivity contribution in [3.63, 3.8) is 0 Å². The molecule has 7 aromatic carbocycles. The first kappa shape index (κ1) is 60.2. The number of rotatable bonds is 26. The lowest BCUT2D eigenvalue weighted by Gasteiger charge is -2.46. The molecule has 2 aliphatic heterocycles. The Balaban J connectivity index is 1.11. The third-order valence-corrected chi connectivity index (χ3v) is 13.8. The van der Waals surface area contributed by atoms with Gasteiger partial charge in [0.25, 0.3) is 0 Å². The van der Waals surface area contributed by atoms with Crippen molar-refractivity contribution in [1.82, 2.24) is 0 Å². The molecular weight excluding hydrogens is 1080 g/mol. The average molecular weight is 1150 g/mol. The molecule has 0 unspecified atom stereocenters. The van der Waals surface area contributed by atoms with E-state index in [0.717, 1.165) is 29.4 Å². The lowest BCUT2D eigenvalue weighted by molar-refractivity contribution is -0.343. The van der Waals surface area contributed by atoms with E-state index >= 15 is 0 Å². The zero-order valence-corrected chi connectivity index (χ0v) is 46.1. The summed E-state index contributed by atoms with van der Waals surface area (Å²) in [4.78, 5) is 71.4. The first-order valence-electron chi connectivity index (χ1n) is 27.3. The fourth-order valence-corrected chi connectivity index (χ4v) is 9.58. The van der Waals surface area contributed by atoms with Crippen molar-refractivity contribution >= 4 is 29.8 Å². The lowest BCUT2D eigenvalue weighted by Crippen LogP contribution is -2.65. The van der Waals surface area contributed by atoms with Crippen LogP contribution in [0.5, 0.6) is 0 Å². The number of hydrogen-bond donors (Lipinski definition) is 1. The van der Waals surface area contributed by atoms with Crippen LogP contribution in [-0.4, -0.2) is 122 Å². The highest BCUT2D eigenvalue weighted by Crippen LogP contribution is 2.36. The number of benzene rings is 7. The number of methoxy groups -OCH3 is 1. The predicted octanol–water partition coefficient (Wildman–Crippen LogP) is 9.13. The fraction of sp³-hybridized carbons (Fsp3) is 0.288. The normalized spacial score (nSPS) is 22.8. The number of carboxylic acid groups (broad SMARTS) is 1. The molecule has 0 aromatic heterocycles. The highest BCUT2D eigenvalue weighted by atomic mass is 16.8. The first-order valence-corrected chi connectivity index (χ1v) is 27.3. The number of ether oxygens (including phenoxy) is 12. The second-order valence-corrected chi connectivity index (χ2v) is 19.7. The maximum Gasteiger partial charge on any atom is 0.338 e. The Morgan fingerprint density at radius 1 is 0.417 bits per heavy atom. The number of carbonyl (C=O) groups is 5. The van der Waals surface area contributed by atoms with E-state index in [2.05, 4.69) is 0 Å². The van der Waals surface area contributed by atoms with E-state index in [-0.39, 0.29) is 43.1 Å². The summed E-state index contributed by atoms with van der Waals surface area (Å²) < 4.78 is 76.4. The molecule has 0 aliphatic carbocycles. The average Bonchev–Trinajstić information content (AvgIpc) is 2.86. The molecule has 12 atom stereocenters. The van der Waals surface area contributed by atoms with Gasteiger partial charge in [0.1, 0.15) is 24.4 Å². The van der Waals surface area contributed by atoms with Crippen LogP contribution >= 0.6 is 0 Å². The van der Waals surface area contributed by atoms with Gasteiger partial charge in [-0.1, -0.05) is 176 Å². The monoisotopic (exact) mass is 1140 g/mol. The minimum atomic E-state index is -2.34. The molecule has 2 fully saturated rings. The van der Waals surface area contributed by atoms with Gasteiger partial charge in [-0.3, -0.25) is 0 Å². The van der Waals surface area contributed by atoms with Crippen molar-refractivity contribution in [3.8, 4) is 0 Å². The maximum absolute atomic E-state index is 14.4. The third-order valence-electron chi connectivity index (χ3n) is 13.8. The van der Waals surface area contributed by atoms with Crippen LogP contribution in [0, 0.1) is 0 Å². The van der Waals surface area contributed by atoms with Gasteiger partial charge in [0, 0.05) is 0 Å². The topological polar surface area (TPSA) is 216 Å². The van der Waals surface area contributed by atoms with Crippen molar-refractivity contribution in [3.05, 3.63) is 251 Å². The van der Waals surface area contributed by atoms with Gasteiger partial charge in [-0.15, -0.1) is 0 Å². The van der Waals surface area contributed by atoms with E-state index in [4.69, 9.17) is 56.8 Å². The zero-order chi connectivity index (χ0) is 58.6. The van der Waals surface area contributed by atoms with Crippen LogP contribution < -0.4 is 0 Å². The van der Waals surface area contributed by atoms with Crippen molar-refractivity contribution in [2.75, 3.05) is 13.7 Å². The van der Waals surface area contributed by atoms with E-state index in [0.29, 0.717) is 0 Å². The number of esters is 4. The molecule has 436 valence electrons. The van der Waals surface area contributed by atoms with Gasteiger partial charge in [0.05, 0.1) is 62.9 Å². The second kappa shape index (κ2) is 30.2. The minimum Gasteiger partial charge on any atom is -0.479 e. The van der Waals surface area contributed by atoms with Gasteiger partial charge < -0.3 is 61.9 Å². The van der Waals surface area contributed by atoms with E-state index in [1.165, 1.54) is 36.4 Å². The Hall–Kier alpha value is -8.43. The molecule has 0 spiro atoms. The molecule has 7 aromatic rings. The zero-order valence-electron chi connectivity index (χ0n) is 46.1. The summed E-state index contributed by atoms with van der Waals surface area (Å²) in [7, 11) is 1.00. The number of aliphatic carboxylic acids is 1. The summed E-state index contributed by atoms with van der Waals surface area (Å²) in [5.41, 5.74) is 3.33. The maximum atomic E-state index is 14.4. The summed E-state index contributed by atoms with van der Waals surface area (Å²) in [5, 5.41) is 11.3. The molecule has 2 aliphatic rings. The minimum absolute atomic E-state index is 0.00765. The third kappa shape index (κ3) is 16.2. The Bertz CT molecular complexity index is 3160. The molecule has 0 saturated carbocycles. The molecule has 0 radical (unpaired) electrons. The van der Waals surface area contributed by atoms with Gasteiger partial charge in [0.15, 0.2) is 43.1 Å². The Morgan fingerprint density at radius 3 is 1.20 bits per heavy atom. The summed E-state index contributed by atoms with van der Waals surface area (Å²) in [6.07, 6.45) is -19.3. The second-order valence-electron chi connectivity index (χ2n) is 19.7. The van der Waals surface area contributed by atoms with Crippen LogP contribution in [0.3, 0.4) is 0 Å². The summed E-state index contributed by atoms with van der Waals surface area (Å²) in [6, 6.07) is 60.7.